The third-order valence-electron chi connectivity index (χ3n) is 4.44. The van der Waals surface area contributed by atoms with Crippen LogP contribution < -0.4 is 5.32 Å². The average Bonchev–Trinajstić information content (AvgIpc) is 2.73. The fraction of sp³-hybridized carbons (Fsp3) is 0.136. The molecule has 1 aliphatic rings. The average molecular weight is 391 g/mol. The zero-order valence-electron chi connectivity index (χ0n) is 16.1. The van der Waals surface area contributed by atoms with Gasteiger partial charge in [-0.3, -0.25) is 9.59 Å². The molecule has 0 radical (unpaired) electrons. The van der Waals surface area contributed by atoms with Gasteiger partial charge in [0.25, 0.3) is 5.91 Å². The van der Waals surface area contributed by atoms with E-state index >= 15 is 0 Å². The Labute approximate surface area is 168 Å². The van der Waals surface area contributed by atoms with Gasteiger partial charge in [-0.1, -0.05) is 42.5 Å². The van der Waals surface area contributed by atoms with Crippen molar-refractivity contribution in [1.82, 2.24) is 10.3 Å². The van der Waals surface area contributed by atoms with Gasteiger partial charge < -0.3 is 15.5 Å². The standard InChI is InChI=1S/C22H21N3O4/c1-3-18-17-12-15(14-8-6-5-7-9-14)10-11-16(17)21(28)20(25(18)24-4-2)22(29)23-13-19(26)27/h3-12,28H,13H2,1-2H3,(H,23,29)(H,26,27)/b18-3?,24-4-. The van der Waals surface area contributed by atoms with Crippen molar-refractivity contribution in [3.8, 4) is 11.1 Å². The number of carbonyl (C=O) groups excluding carboxylic acids is 1. The number of aliphatic hydroxyl groups excluding tert-OH is 1. The first-order valence-electron chi connectivity index (χ1n) is 9.06. The molecule has 2 aromatic carbocycles. The summed E-state index contributed by atoms with van der Waals surface area (Å²) in [6.45, 7) is 2.93. The van der Waals surface area contributed by atoms with Gasteiger partial charge in [0.05, 0.1) is 5.70 Å². The second kappa shape index (κ2) is 8.43. The Morgan fingerprint density at radius 1 is 1.07 bits per heavy atom. The zero-order valence-corrected chi connectivity index (χ0v) is 16.1. The van der Waals surface area contributed by atoms with E-state index in [0.29, 0.717) is 16.8 Å². The molecule has 1 amide bonds. The number of carboxylic acids is 1. The SMILES string of the molecule is CC=C1c2cc(-c3ccccc3)ccc2C(O)=C(C(=O)NCC(=O)O)N1/N=C\C. The highest BCUT2D eigenvalue weighted by atomic mass is 16.4. The summed E-state index contributed by atoms with van der Waals surface area (Å²) in [4.78, 5) is 23.4. The van der Waals surface area contributed by atoms with Crippen molar-refractivity contribution in [3.63, 3.8) is 0 Å². The van der Waals surface area contributed by atoms with Crippen molar-refractivity contribution in [2.45, 2.75) is 13.8 Å². The van der Waals surface area contributed by atoms with Crippen LogP contribution in [0.3, 0.4) is 0 Å². The third-order valence-corrected chi connectivity index (χ3v) is 4.44. The predicted octanol–water partition coefficient (Wildman–Crippen LogP) is 3.46. The number of hydrogen-bond donors (Lipinski definition) is 3. The molecular weight excluding hydrogens is 370 g/mol. The van der Waals surface area contributed by atoms with E-state index in [4.69, 9.17) is 5.11 Å². The lowest BCUT2D eigenvalue weighted by Gasteiger charge is -2.31. The first kappa shape index (κ1) is 19.9. The van der Waals surface area contributed by atoms with Gasteiger partial charge in [-0.25, -0.2) is 5.01 Å². The molecule has 0 unspecified atom stereocenters. The quantitative estimate of drug-likeness (QED) is 0.678. The van der Waals surface area contributed by atoms with Crippen LogP contribution in [0, 0.1) is 0 Å². The van der Waals surface area contributed by atoms with Crippen molar-refractivity contribution in [2.75, 3.05) is 6.54 Å². The Hall–Kier alpha value is -3.87. The van der Waals surface area contributed by atoms with Gasteiger partial charge in [0.2, 0.25) is 0 Å². The molecule has 0 saturated heterocycles. The Bertz CT molecular complexity index is 1040. The number of nitrogens with zero attached hydrogens (tertiary/aromatic N) is 2. The highest BCUT2D eigenvalue weighted by molar-refractivity contribution is 6.04. The summed E-state index contributed by atoms with van der Waals surface area (Å²) in [5, 5.41) is 27.5. The van der Waals surface area contributed by atoms with Crippen molar-refractivity contribution < 1.29 is 19.8 Å². The molecular formula is C22H21N3O4. The van der Waals surface area contributed by atoms with Crippen LogP contribution in [0.1, 0.15) is 25.0 Å². The Balaban J connectivity index is 2.16. The number of carbonyl (C=O) groups is 2. The van der Waals surface area contributed by atoms with E-state index in [-0.39, 0.29) is 11.5 Å². The zero-order chi connectivity index (χ0) is 21.0. The molecule has 7 heteroatoms. The van der Waals surface area contributed by atoms with Crippen molar-refractivity contribution in [2.24, 2.45) is 5.10 Å². The fourth-order valence-corrected chi connectivity index (χ4v) is 3.19. The maximum Gasteiger partial charge on any atom is 0.322 e. The van der Waals surface area contributed by atoms with Crippen LogP contribution in [0.5, 0.6) is 0 Å². The van der Waals surface area contributed by atoms with Gasteiger partial charge >= 0.3 is 5.97 Å². The number of carboxylic acid groups (broad SMARTS) is 1. The van der Waals surface area contributed by atoms with E-state index in [0.717, 1.165) is 11.1 Å². The minimum Gasteiger partial charge on any atom is -0.505 e. The van der Waals surface area contributed by atoms with Crippen molar-refractivity contribution in [1.29, 1.82) is 0 Å². The van der Waals surface area contributed by atoms with Crippen LogP contribution in [0.15, 0.2) is 65.4 Å². The normalized spacial score (nSPS) is 15.0. The van der Waals surface area contributed by atoms with Crippen LogP contribution in [0.4, 0.5) is 0 Å². The first-order valence-corrected chi connectivity index (χ1v) is 9.06. The molecule has 0 aliphatic carbocycles. The van der Waals surface area contributed by atoms with E-state index in [1.54, 1.807) is 19.1 Å². The topological polar surface area (TPSA) is 102 Å². The number of benzene rings is 2. The van der Waals surface area contributed by atoms with E-state index < -0.39 is 18.4 Å². The van der Waals surface area contributed by atoms with Gasteiger partial charge in [0.15, 0.2) is 11.5 Å². The summed E-state index contributed by atoms with van der Waals surface area (Å²) < 4.78 is 0. The van der Waals surface area contributed by atoms with Gasteiger partial charge in [0.1, 0.15) is 6.54 Å². The largest absolute Gasteiger partial charge is 0.505 e. The molecule has 3 rings (SSSR count). The lowest BCUT2D eigenvalue weighted by Crippen LogP contribution is -2.37. The summed E-state index contributed by atoms with van der Waals surface area (Å²) in [7, 11) is 0. The number of amides is 1. The molecule has 0 bridgehead atoms. The van der Waals surface area contributed by atoms with Crippen molar-refractivity contribution in [3.05, 3.63) is 71.4 Å². The molecule has 0 spiro atoms. The van der Waals surface area contributed by atoms with E-state index in [1.807, 2.05) is 49.4 Å². The molecule has 7 nitrogen and oxygen atoms in total. The van der Waals surface area contributed by atoms with Crippen molar-refractivity contribution >= 4 is 29.5 Å². The molecule has 1 heterocycles. The highest BCUT2D eigenvalue weighted by Crippen LogP contribution is 2.39. The van der Waals surface area contributed by atoms with E-state index in [9.17, 15) is 14.7 Å². The fourth-order valence-electron chi connectivity index (χ4n) is 3.19. The minimum atomic E-state index is -1.18. The van der Waals surface area contributed by atoms with Gasteiger partial charge in [-0.15, -0.1) is 0 Å². The molecule has 0 saturated carbocycles. The molecule has 29 heavy (non-hydrogen) atoms. The Morgan fingerprint density at radius 2 is 1.79 bits per heavy atom. The maximum atomic E-state index is 12.6. The van der Waals surface area contributed by atoms with Crippen LogP contribution in [0.25, 0.3) is 22.6 Å². The van der Waals surface area contributed by atoms with Gasteiger partial charge in [-0.05, 0) is 37.1 Å². The summed E-state index contributed by atoms with van der Waals surface area (Å²) >= 11 is 0. The molecule has 3 N–H and O–H groups in total. The van der Waals surface area contributed by atoms with Gasteiger partial charge in [0, 0.05) is 17.3 Å². The Morgan fingerprint density at radius 3 is 2.41 bits per heavy atom. The second-order valence-corrected chi connectivity index (χ2v) is 6.26. The number of hydrazone groups is 1. The summed E-state index contributed by atoms with van der Waals surface area (Å²) in [6, 6.07) is 15.3. The maximum absolute atomic E-state index is 12.6. The Kier molecular flexibility index (Phi) is 5.78. The number of aliphatic hydroxyl groups is 1. The van der Waals surface area contributed by atoms with Crippen LogP contribution in [-0.2, 0) is 9.59 Å². The minimum absolute atomic E-state index is 0.127. The highest BCUT2D eigenvalue weighted by Gasteiger charge is 2.33. The second-order valence-electron chi connectivity index (χ2n) is 6.26. The van der Waals surface area contributed by atoms with E-state index in [1.165, 1.54) is 11.2 Å². The number of rotatable bonds is 5. The molecule has 148 valence electrons. The van der Waals surface area contributed by atoms with Crippen LogP contribution in [0.2, 0.25) is 0 Å². The molecule has 0 fully saturated rings. The predicted molar refractivity (Wildman–Crippen MR) is 112 cm³/mol. The summed E-state index contributed by atoms with van der Waals surface area (Å²) in [5.41, 5.74) is 3.64. The molecule has 1 aliphatic heterocycles. The van der Waals surface area contributed by atoms with Crippen LogP contribution in [-0.4, -0.2) is 39.9 Å². The van der Waals surface area contributed by atoms with E-state index in [2.05, 4.69) is 10.4 Å². The summed E-state index contributed by atoms with van der Waals surface area (Å²) in [5.74, 6) is -2.18. The lowest BCUT2D eigenvalue weighted by molar-refractivity contribution is -0.137. The summed E-state index contributed by atoms with van der Waals surface area (Å²) in [6.07, 6.45) is 3.28. The number of aliphatic carboxylic acids is 1. The number of nitrogens with one attached hydrogen (secondary N) is 1. The number of fused-ring (bicyclic) bond motifs is 1. The van der Waals surface area contributed by atoms with Gasteiger partial charge in [-0.2, -0.15) is 5.10 Å². The first-order chi connectivity index (χ1) is 14.0. The third kappa shape index (κ3) is 3.89. The molecule has 2 aromatic rings. The molecule has 0 atom stereocenters. The number of allylic oxidation sites excluding steroid dienone is 1. The van der Waals surface area contributed by atoms with Crippen LogP contribution >= 0.6 is 0 Å². The number of hydrogen-bond acceptors (Lipinski definition) is 5. The monoisotopic (exact) mass is 391 g/mol. The smallest absolute Gasteiger partial charge is 0.322 e. The molecule has 0 aromatic heterocycles. The lowest BCUT2D eigenvalue weighted by atomic mass is 9.92.